The second kappa shape index (κ2) is 11.4. The molecule has 0 aliphatic carbocycles. The third-order valence-corrected chi connectivity index (χ3v) is 2.05. The maximum Gasteiger partial charge on any atom is 0.191 e. The number of hydrogen-bond donors (Lipinski definition) is 2. The van der Waals surface area contributed by atoms with Crippen LogP contribution in [0.15, 0.2) is 17.6 Å². The molecule has 0 aromatic heterocycles. The Morgan fingerprint density at radius 3 is 2.76 bits per heavy atom. The van der Waals surface area contributed by atoms with Crippen molar-refractivity contribution >= 4 is 5.96 Å². The average Bonchev–Trinajstić information content (AvgIpc) is 2.30. The van der Waals surface area contributed by atoms with Crippen LogP contribution in [0.3, 0.4) is 0 Å². The van der Waals surface area contributed by atoms with E-state index in [0.717, 1.165) is 32.0 Å². The number of nitrogens with zero attached hydrogens (tertiary/aromatic N) is 2. The third kappa shape index (κ3) is 11.2. The SMILES string of the molecule is C=CCNC(=NCCCN(C)C)NCCOC. The summed E-state index contributed by atoms with van der Waals surface area (Å²) in [4.78, 5) is 6.63. The largest absolute Gasteiger partial charge is 0.383 e. The van der Waals surface area contributed by atoms with Gasteiger partial charge in [-0.15, -0.1) is 6.58 Å². The van der Waals surface area contributed by atoms with E-state index in [2.05, 4.69) is 41.2 Å². The summed E-state index contributed by atoms with van der Waals surface area (Å²) in [5.74, 6) is 0.820. The van der Waals surface area contributed by atoms with Gasteiger partial charge < -0.3 is 20.3 Å². The molecule has 0 spiro atoms. The van der Waals surface area contributed by atoms with Crippen LogP contribution in [0.25, 0.3) is 0 Å². The van der Waals surface area contributed by atoms with Crippen LogP contribution in [0.4, 0.5) is 0 Å². The van der Waals surface area contributed by atoms with Crippen LogP contribution < -0.4 is 10.6 Å². The molecule has 0 unspecified atom stereocenters. The number of nitrogens with one attached hydrogen (secondary N) is 2. The molecule has 0 rings (SSSR count). The zero-order valence-corrected chi connectivity index (χ0v) is 11.3. The minimum atomic E-state index is 0.673. The van der Waals surface area contributed by atoms with E-state index in [-0.39, 0.29) is 0 Å². The van der Waals surface area contributed by atoms with Crippen LogP contribution in [-0.2, 0) is 4.74 Å². The van der Waals surface area contributed by atoms with E-state index in [1.54, 1.807) is 7.11 Å². The highest BCUT2D eigenvalue weighted by Crippen LogP contribution is 1.85. The van der Waals surface area contributed by atoms with Crippen LogP contribution in [-0.4, -0.2) is 64.9 Å². The Morgan fingerprint density at radius 2 is 2.18 bits per heavy atom. The van der Waals surface area contributed by atoms with E-state index in [0.29, 0.717) is 13.2 Å². The molecule has 2 N–H and O–H groups in total. The summed E-state index contributed by atoms with van der Waals surface area (Å²) >= 11 is 0. The number of guanidine groups is 1. The summed E-state index contributed by atoms with van der Waals surface area (Å²) in [5.41, 5.74) is 0. The number of ether oxygens (including phenoxy) is 1. The van der Waals surface area contributed by atoms with Crippen molar-refractivity contribution in [3.8, 4) is 0 Å². The normalized spacial score (nSPS) is 11.6. The van der Waals surface area contributed by atoms with Crippen molar-refractivity contribution in [1.29, 1.82) is 0 Å². The highest BCUT2D eigenvalue weighted by atomic mass is 16.5. The summed E-state index contributed by atoms with van der Waals surface area (Å²) in [7, 11) is 5.82. The van der Waals surface area contributed by atoms with Crippen LogP contribution in [0.1, 0.15) is 6.42 Å². The molecule has 0 amide bonds. The van der Waals surface area contributed by atoms with Crippen molar-refractivity contribution in [1.82, 2.24) is 15.5 Å². The zero-order chi connectivity index (χ0) is 12.9. The fourth-order valence-corrected chi connectivity index (χ4v) is 1.19. The average molecular weight is 242 g/mol. The molecular formula is C12H26N4O. The molecule has 0 fully saturated rings. The fraction of sp³-hybridized carbons (Fsp3) is 0.750. The zero-order valence-electron chi connectivity index (χ0n) is 11.3. The highest BCUT2D eigenvalue weighted by Gasteiger charge is 1.96. The molecule has 5 heteroatoms. The summed E-state index contributed by atoms with van der Waals surface area (Å²) in [6.45, 7) is 7.69. The van der Waals surface area contributed by atoms with Crippen molar-refractivity contribution in [2.24, 2.45) is 4.99 Å². The van der Waals surface area contributed by atoms with Crippen molar-refractivity contribution < 1.29 is 4.74 Å². The van der Waals surface area contributed by atoms with Crippen LogP contribution >= 0.6 is 0 Å². The molecule has 0 atom stereocenters. The van der Waals surface area contributed by atoms with Crippen LogP contribution in [0.2, 0.25) is 0 Å². The molecule has 5 nitrogen and oxygen atoms in total. The van der Waals surface area contributed by atoms with Gasteiger partial charge in [0.2, 0.25) is 0 Å². The lowest BCUT2D eigenvalue weighted by atomic mass is 10.4. The smallest absolute Gasteiger partial charge is 0.191 e. The van der Waals surface area contributed by atoms with E-state index in [1.807, 2.05) is 6.08 Å². The minimum Gasteiger partial charge on any atom is -0.383 e. The fourth-order valence-electron chi connectivity index (χ4n) is 1.19. The molecule has 0 saturated heterocycles. The number of rotatable bonds is 9. The first kappa shape index (κ1) is 15.9. The predicted molar refractivity (Wildman–Crippen MR) is 73.6 cm³/mol. The van der Waals surface area contributed by atoms with Crippen molar-refractivity contribution in [2.75, 3.05) is 54.0 Å². The molecule has 0 aromatic carbocycles. The van der Waals surface area contributed by atoms with Gasteiger partial charge in [-0.3, -0.25) is 4.99 Å². The van der Waals surface area contributed by atoms with Gasteiger partial charge in [-0.05, 0) is 27.1 Å². The Kier molecular flexibility index (Phi) is 10.7. The number of methoxy groups -OCH3 is 1. The minimum absolute atomic E-state index is 0.673. The second-order valence-corrected chi connectivity index (χ2v) is 3.98. The van der Waals surface area contributed by atoms with Gasteiger partial charge >= 0.3 is 0 Å². The van der Waals surface area contributed by atoms with E-state index in [4.69, 9.17) is 4.74 Å². The van der Waals surface area contributed by atoms with Gasteiger partial charge in [0.15, 0.2) is 5.96 Å². The van der Waals surface area contributed by atoms with Gasteiger partial charge in [-0.1, -0.05) is 6.08 Å². The molecule has 0 saturated carbocycles. The first-order chi connectivity index (χ1) is 8.20. The summed E-state index contributed by atoms with van der Waals surface area (Å²) in [6.07, 6.45) is 2.87. The van der Waals surface area contributed by atoms with Crippen molar-refractivity contribution in [2.45, 2.75) is 6.42 Å². The summed E-state index contributed by atoms with van der Waals surface area (Å²) in [5, 5.41) is 6.36. The van der Waals surface area contributed by atoms with Crippen molar-refractivity contribution in [3.05, 3.63) is 12.7 Å². The van der Waals surface area contributed by atoms with E-state index in [9.17, 15) is 0 Å². The first-order valence-electron chi connectivity index (χ1n) is 5.97. The molecule has 0 bridgehead atoms. The Labute approximate surface area is 105 Å². The van der Waals surface area contributed by atoms with Gasteiger partial charge in [-0.2, -0.15) is 0 Å². The lowest BCUT2D eigenvalue weighted by molar-refractivity contribution is 0.203. The topological polar surface area (TPSA) is 48.9 Å². The highest BCUT2D eigenvalue weighted by molar-refractivity contribution is 5.79. The van der Waals surface area contributed by atoms with Gasteiger partial charge in [0.25, 0.3) is 0 Å². The van der Waals surface area contributed by atoms with Crippen molar-refractivity contribution in [3.63, 3.8) is 0 Å². The standard InChI is InChI=1S/C12H26N4O/c1-5-7-13-12(15-9-11-17-4)14-8-6-10-16(2)3/h5H,1,6-11H2,2-4H3,(H2,13,14,15). The molecule has 0 radical (unpaired) electrons. The molecule has 0 aromatic rings. The Bertz CT molecular complexity index is 217. The molecule has 0 aliphatic heterocycles. The molecule has 17 heavy (non-hydrogen) atoms. The van der Waals surface area contributed by atoms with E-state index >= 15 is 0 Å². The molecule has 0 heterocycles. The summed E-state index contributed by atoms with van der Waals surface area (Å²) in [6, 6.07) is 0. The summed E-state index contributed by atoms with van der Waals surface area (Å²) < 4.78 is 4.98. The van der Waals surface area contributed by atoms with Gasteiger partial charge in [0.05, 0.1) is 6.61 Å². The molecule has 0 aliphatic rings. The Balaban J connectivity index is 3.87. The number of aliphatic imine (C=N–C) groups is 1. The monoisotopic (exact) mass is 242 g/mol. The maximum absolute atomic E-state index is 4.98. The maximum atomic E-state index is 4.98. The lowest BCUT2D eigenvalue weighted by Crippen LogP contribution is -2.39. The lowest BCUT2D eigenvalue weighted by Gasteiger charge is -2.11. The van der Waals surface area contributed by atoms with Gasteiger partial charge in [0.1, 0.15) is 0 Å². The third-order valence-electron chi connectivity index (χ3n) is 2.05. The Morgan fingerprint density at radius 1 is 1.41 bits per heavy atom. The van der Waals surface area contributed by atoms with Gasteiger partial charge in [-0.25, -0.2) is 0 Å². The number of hydrogen-bond acceptors (Lipinski definition) is 3. The van der Waals surface area contributed by atoms with E-state index < -0.39 is 0 Å². The van der Waals surface area contributed by atoms with Crippen LogP contribution in [0.5, 0.6) is 0 Å². The second-order valence-electron chi connectivity index (χ2n) is 3.98. The van der Waals surface area contributed by atoms with Gasteiger partial charge in [0, 0.05) is 26.7 Å². The Hall–Kier alpha value is -1.07. The predicted octanol–water partition coefficient (Wildman–Crippen LogP) is 0.306. The van der Waals surface area contributed by atoms with Crippen LogP contribution in [0, 0.1) is 0 Å². The molecular weight excluding hydrogens is 216 g/mol. The molecule has 100 valence electrons. The van der Waals surface area contributed by atoms with E-state index in [1.165, 1.54) is 0 Å². The quantitative estimate of drug-likeness (QED) is 0.264. The first-order valence-corrected chi connectivity index (χ1v) is 5.97.